The minimum atomic E-state index is -0.789. The van der Waals surface area contributed by atoms with E-state index in [0.29, 0.717) is 11.8 Å². The molecule has 7 rings (SSSR count). The van der Waals surface area contributed by atoms with Crippen LogP contribution in [0.1, 0.15) is 64.9 Å². The minimum Gasteiger partial charge on any atom is -0.465 e. The largest absolute Gasteiger partial charge is 0.465 e. The van der Waals surface area contributed by atoms with Gasteiger partial charge in [0.15, 0.2) is 11.9 Å². The number of hydrogen-bond acceptors (Lipinski definition) is 6. The normalized spacial score (nSPS) is 42.7. The quantitative estimate of drug-likeness (QED) is 0.448. The number of ether oxygens (including phenoxy) is 3. The fourth-order valence-corrected chi connectivity index (χ4v) is 7.01. The lowest BCUT2D eigenvalue weighted by atomic mass is 9.58. The number of carbonyl (C=O) groups is 1. The summed E-state index contributed by atoms with van der Waals surface area (Å²) in [7, 11) is 0. The smallest absolute Gasteiger partial charge is 0.246 e. The van der Waals surface area contributed by atoms with E-state index in [4.69, 9.17) is 24.0 Å². The van der Waals surface area contributed by atoms with Crippen LogP contribution in [0.25, 0.3) is 6.08 Å². The number of rotatable bonds is 4. The first-order chi connectivity index (χ1) is 16.9. The molecule has 5 heterocycles. The van der Waals surface area contributed by atoms with E-state index >= 15 is 0 Å². The second kappa shape index (κ2) is 8.87. The van der Waals surface area contributed by atoms with Crippen LogP contribution in [0, 0.1) is 23.7 Å². The highest BCUT2D eigenvalue weighted by atomic mass is 17.3. The Morgan fingerprint density at radius 1 is 1.06 bits per heavy atom. The molecule has 1 aliphatic carbocycles. The van der Waals surface area contributed by atoms with Crippen molar-refractivity contribution in [2.75, 3.05) is 13.1 Å². The van der Waals surface area contributed by atoms with Gasteiger partial charge in [0.2, 0.25) is 18.0 Å². The van der Waals surface area contributed by atoms with Gasteiger partial charge in [0.25, 0.3) is 0 Å². The summed E-state index contributed by atoms with van der Waals surface area (Å²) in [6.07, 6.45) is 8.79. The van der Waals surface area contributed by atoms with Crippen molar-refractivity contribution >= 4 is 12.0 Å². The Balaban J connectivity index is 1.17. The molecule has 2 bridgehead atoms. The van der Waals surface area contributed by atoms with Gasteiger partial charge in [-0.05, 0) is 74.6 Å². The molecule has 35 heavy (non-hydrogen) atoms. The fourth-order valence-electron chi connectivity index (χ4n) is 7.01. The second-order valence-electron chi connectivity index (χ2n) is 11.3. The van der Waals surface area contributed by atoms with Gasteiger partial charge in [0, 0.05) is 37.4 Å². The molecular formula is C28H37NO6. The summed E-state index contributed by atoms with van der Waals surface area (Å²) in [6, 6.07) is 7.82. The number of nitrogens with zero attached hydrogens (tertiary/aromatic N) is 1. The van der Waals surface area contributed by atoms with Gasteiger partial charge in [0.05, 0.1) is 0 Å². The maximum absolute atomic E-state index is 12.3. The van der Waals surface area contributed by atoms with Crippen molar-refractivity contribution in [2.45, 2.75) is 83.3 Å². The van der Waals surface area contributed by atoms with Crippen LogP contribution in [0.15, 0.2) is 30.3 Å². The highest BCUT2D eigenvalue weighted by Crippen LogP contribution is 2.60. The monoisotopic (exact) mass is 483 g/mol. The summed E-state index contributed by atoms with van der Waals surface area (Å²) in [5, 5.41) is 0. The zero-order valence-corrected chi connectivity index (χ0v) is 21.0. The Hall–Kier alpha value is -1.93. The molecule has 1 amide bonds. The molecule has 0 aromatic heterocycles. The molecule has 0 N–H and O–H groups in total. The zero-order chi connectivity index (χ0) is 24.2. The lowest BCUT2D eigenvalue weighted by Gasteiger charge is -2.60. The predicted octanol–water partition coefficient (Wildman–Crippen LogP) is 4.91. The Morgan fingerprint density at radius 2 is 1.83 bits per heavy atom. The summed E-state index contributed by atoms with van der Waals surface area (Å²) < 4.78 is 19.3. The molecule has 1 aromatic carbocycles. The number of amides is 1. The van der Waals surface area contributed by atoms with Crippen LogP contribution in [0.3, 0.4) is 0 Å². The maximum Gasteiger partial charge on any atom is 0.246 e. The lowest BCUT2D eigenvalue weighted by Crippen LogP contribution is -2.70. The molecule has 5 aliphatic heterocycles. The van der Waals surface area contributed by atoms with E-state index in [1.807, 2.05) is 42.2 Å². The molecule has 1 spiro atoms. The van der Waals surface area contributed by atoms with Crippen LogP contribution in [-0.4, -0.2) is 47.9 Å². The summed E-state index contributed by atoms with van der Waals surface area (Å²) in [4.78, 5) is 26.3. The van der Waals surface area contributed by atoms with Gasteiger partial charge >= 0.3 is 0 Å². The van der Waals surface area contributed by atoms with Crippen LogP contribution < -0.4 is 4.74 Å². The molecule has 6 fully saturated rings. The van der Waals surface area contributed by atoms with Crippen LogP contribution in [0.2, 0.25) is 0 Å². The van der Waals surface area contributed by atoms with E-state index in [1.165, 1.54) is 0 Å². The standard InChI is InChI=1S/C28H37NO6/c1-18-6-12-23-19(2)25(32-26-28(23)22(18)14-15-27(3,33-26)34-35-28)31-21-10-7-20(8-11-21)9-13-24(30)29-16-4-5-17-29/h7-11,13,18-19,22-23,25-26H,4-6,12,14-17H2,1-3H3/b13-9+/t18-,19-,22+,23+,25+,26-,27+,28-/m1/s1. The highest BCUT2D eigenvalue weighted by molar-refractivity contribution is 5.91. The molecule has 190 valence electrons. The third kappa shape index (κ3) is 4.01. The molecule has 6 aliphatic rings. The van der Waals surface area contributed by atoms with E-state index in [2.05, 4.69) is 13.8 Å². The van der Waals surface area contributed by atoms with Crippen LogP contribution in [0.5, 0.6) is 5.75 Å². The topological polar surface area (TPSA) is 66.5 Å². The van der Waals surface area contributed by atoms with Crippen molar-refractivity contribution in [3.05, 3.63) is 35.9 Å². The molecule has 5 saturated heterocycles. The van der Waals surface area contributed by atoms with Crippen LogP contribution >= 0.6 is 0 Å². The summed E-state index contributed by atoms with van der Waals surface area (Å²) in [6.45, 7) is 8.17. The van der Waals surface area contributed by atoms with E-state index < -0.39 is 24.0 Å². The minimum absolute atomic E-state index is 0.0823. The van der Waals surface area contributed by atoms with Gasteiger partial charge in [-0.1, -0.05) is 26.0 Å². The van der Waals surface area contributed by atoms with Gasteiger partial charge < -0.3 is 19.1 Å². The van der Waals surface area contributed by atoms with E-state index in [0.717, 1.165) is 62.9 Å². The Bertz CT molecular complexity index is 974. The molecule has 0 unspecified atom stereocenters. The SMILES string of the molecule is C[C@H]1[C@@H](Oc2ccc(/C=C/C(=O)N3CCCC3)cc2)O[C@@H]2O[C@]3(C)CC[C@H]4[C@H](C)CC[C@@H]1[C@@]24OO3. The predicted molar refractivity (Wildman–Crippen MR) is 129 cm³/mol. The number of likely N-dealkylation sites (tertiary alicyclic amines) is 1. The second-order valence-corrected chi connectivity index (χ2v) is 11.3. The first kappa shape index (κ1) is 23.5. The van der Waals surface area contributed by atoms with Gasteiger partial charge in [-0.2, -0.15) is 0 Å². The number of hydrogen-bond donors (Lipinski definition) is 0. The lowest BCUT2D eigenvalue weighted by molar-refractivity contribution is -0.575. The molecular weight excluding hydrogens is 446 g/mol. The van der Waals surface area contributed by atoms with Crippen molar-refractivity contribution in [1.82, 2.24) is 4.90 Å². The Morgan fingerprint density at radius 3 is 2.60 bits per heavy atom. The number of benzene rings is 1. The molecule has 7 heteroatoms. The van der Waals surface area contributed by atoms with E-state index in [-0.39, 0.29) is 17.7 Å². The summed E-state index contributed by atoms with van der Waals surface area (Å²) in [5.41, 5.74) is 0.386. The van der Waals surface area contributed by atoms with Gasteiger partial charge in [-0.3, -0.25) is 4.79 Å². The average molecular weight is 484 g/mol. The molecule has 8 atom stereocenters. The van der Waals surface area contributed by atoms with Crippen molar-refractivity contribution < 1.29 is 28.8 Å². The first-order valence-electron chi connectivity index (χ1n) is 13.3. The van der Waals surface area contributed by atoms with Crippen molar-refractivity contribution in [2.24, 2.45) is 23.7 Å². The number of carbonyl (C=O) groups excluding carboxylic acids is 1. The summed E-state index contributed by atoms with van der Waals surface area (Å²) in [5.74, 6) is 1.26. The molecule has 1 aromatic rings. The third-order valence-electron chi connectivity index (χ3n) is 9.07. The zero-order valence-electron chi connectivity index (χ0n) is 21.0. The number of fused-ring (bicyclic) bond motifs is 2. The molecule has 7 nitrogen and oxygen atoms in total. The van der Waals surface area contributed by atoms with Gasteiger partial charge in [0.1, 0.15) is 5.75 Å². The van der Waals surface area contributed by atoms with E-state index in [9.17, 15) is 4.79 Å². The fraction of sp³-hybridized carbons (Fsp3) is 0.679. The Kier molecular flexibility index (Phi) is 5.95. The van der Waals surface area contributed by atoms with Crippen molar-refractivity contribution in [3.63, 3.8) is 0 Å². The van der Waals surface area contributed by atoms with Gasteiger partial charge in [-0.15, -0.1) is 0 Å². The molecule has 0 radical (unpaired) electrons. The average Bonchev–Trinajstić information content (AvgIpc) is 3.30. The van der Waals surface area contributed by atoms with E-state index in [1.54, 1.807) is 6.08 Å². The summed E-state index contributed by atoms with van der Waals surface area (Å²) >= 11 is 0. The van der Waals surface area contributed by atoms with Crippen molar-refractivity contribution in [1.29, 1.82) is 0 Å². The van der Waals surface area contributed by atoms with Crippen LogP contribution in [0.4, 0.5) is 0 Å². The van der Waals surface area contributed by atoms with Gasteiger partial charge in [-0.25, -0.2) is 9.78 Å². The Labute approximate surface area is 207 Å². The van der Waals surface area contributed by atoms with Crippen LogP contribution in [-0.2, 0) is 24.0 Å². The maximum atomic E-state index is 12.3. The first-order valence-corrected chi connectivity index (χ1v) is 13.3. The molecule has 1 saturated carbocycles. The van der Waals surface area contributed by atoms with Crippen molar-refractivity contribution in [3.8, 4) is 5.75 Å². The third-order valence-corrected chi connectivity index (χ3v) is 9.07. The highest BCUT2D eigenvalue weighted by Gasteiger charge is 2.69.